The Hall–Kier alpha value is -1.57. The first-order valence-electron chi connectivity index (χ1n) is 4.88. The van der Waals surface area contributed by atoms with Crippen LogP contribution < -0.4 is 4.74 Å². The molecular formula is C12H11NO. The highest BCUT2D eigenvalue weighted by molar-refractivity contribution is 5.84. The third kappa shape index (κ3) is 1.00. The van der Waals surface area contributed by atoms with Gasteiger partial charge < -0.3 is 4.74 Å². The molecule has 1 atom stereocenters. The Morgan fingerprint density at radius 2 is 2.21 bits per heavy atom. The minimum atomic E-state index is 0.289. The summed E-state index contributed by atoms with van der Waals surface area (Å²) < 4.78 is 5.65. The lowest BCUT2D eigenvalue weighted by molar-refractivity contribution is 0.254. The second-order valence-electron chi connectivity index (χ2n) is 3.75. The van der Waals surface area contributed by atoms with Crippen molar-refractivity contribution >= 4 is 10.9 Å². The molecule has 0 radical (unpaired) electrons. The van der Waals surface area contributed by atoms with Crippen LogP contribution in [-0.2, 0) is 6.42 Å². The van der Waals surface area contributed by atoms with Crippen LogP contribution in [0, 0.1) is 0 Å². The van der Waals surface area contributed by atoms with Crippen LogP contribution in [0.25, 0.3) is 10.9 Å². The van der Waals surface area contributed by atoms with Crippen molar-refractivity contribution in [1.82, 2.24) is 4.98 Å². The standard InChI is InChI=1S/C12H11NO/c1-8-6-10-9-4-2-3-5-11(9)13-7-12(10)14-8/h2-5,7-8H,6H2,1H3. The van der Waals surface area contributed by atoms with Crippen molar-refractivity contribution < 1.29 is 4.74 Å². The fourth-order valence-corrected chi connectivity index (χ4v) is 2.04. The topological polar surface area (TPSA) is 22.1 Å². The van der Waals surface area contributed by atoms with E-state index in [0.29, 0.717) is 0 Å². The number of pyridine rings is 1. The van der Waals surface area contributed by atoms with Gasteiger partial charge in [0.15, 0.2) is 0 Å². The molecule has 1 aromatic heterocycles. The smallest absolute Gasteiger partial charge is 0.141 e. The SMILES string of the molecule is CC1Cc2c(cnc3ccccc23)O1. The molecule has 2 heterocycles. The number of benzene rings is 1. The molecule has 0 amide bonds. The van der Waals surface area contributed by atoms with Crippen molar-refractivity contribution in [2.75, 3.05) is 0 Å². The molecule has 0 bridgehead atoms. The molecule has 0 aliphatic carbocycles. The minimum Gasteiger partial charge on any atom is -0.488 e. The van der Waals surface area contributed by atoms with Crippen LogP contribution in [0.4, 0.5) is 0 Å². The van der Waals surface area contributed by atoms with Gasteiger partial charge in [0.25, 0.3) is 0 Å². The van der Waals surface area contributed by atoms with Crippen molar-refractivity contribution in [3.63, 3.8) is 0 Å². The molecule has 0 spiro atoms. The van der Waals surface area contributed by atoms with E-state index in [1.807, 2.05) is 24.4 Å². The predicted molar refractivity (Wildman–Crippen MR) is 55.5 cm³/mol. The number of aromatic nitrogens is 1. The summed E-state index contributed by atoms with van der Waals surface area (Å²) in [6.07, 6.45) is 3.12. The van der Waals surface area contributed by atoms with Crippen LogP contribution in [0.3, 0.4) is 0 Å². The number of fused-ring (bicyclic) bond motifs is 3. The molecule has 0 N–H and O–H groups in total. The van der Waals surface area contributed by atoms with Crippen LogP contribution in [-0.4, -0.2) is 11.1 Å². The first-order chi connectivity index (χ1) is 6.84. The molecule has 0 saturated heterocycles. The molecule has 0 saturated carbocycles. The fourth-order valence-electron chi connectivity index (χ4n) is 2.04. The van der Waals surface area contributed by atoms with Crippen LogP contribution in [0.1, 0.15) is 12.5 Å². The normalized spacial score (nSPS) is 19.4. The zero-order valence-electron chi connectivity index (χ0n) is 8.03. The van der Waals surface area contributed by atoms with E-state index in [1.165, 1.54) is 10.9 Å². The Bertz CT molecular complexity index is 493. The molecule has 2 nitrogen and oxygen atoms in total. The highest BCUT2D eigenvalue weighted by Crippen LogP contribution is 2.33. The van der Waals surface area contributed by atoms with E-state index < -0.39 is 0 Å². The van der Waals surface area contributed by atoms with Gasteiger partial charge in [0.2, 0.25) is 0 Å². The van der Waals surface area contributed by atoms with Gasteiger partial charge in [-0.1, -0.05) is 18.2 Å². The van der Waals surface area contributed by atoms with Crippen molar-refractivity contribution in [2.24, 2.45) is 0 Å². The van der Waals surface area contributed by atoms with E-state index in [0.717, 1.165) is 17.7 Å². The number of hydrogen-bond donors (Lipinski definition) is 0. The lowest BCUT2D eigenvalue weighted by Gasteiger charge is -2.02. The van der Waals surface area contributed by atoms with E-state index in [4.69, 9.17) is 4.74 Å². The largest absolute Gasteiger partial charge is 0.488 e. The molecule has 2 heteroatoms. The zero-order chi connectivity index (χ0) is 9.54. The Labute approximate surface area is 82.5 Å². The number of rotatable bonds is 0. The van der Waals surface area contributed by atoms with Gasteiger partial charge in [0.05, 0.1) is 11.7 Å². The quantitative estimate of drug-likeness (QED) is 0.629. The van der Waals surface area contributed by atoms with E-state index in [9.17, 15) is 0 Å². The van der Waals surface area contributed by atoms with Gasteiger partial charge in [0.1, 0.15) is 11.9 Å². The first-order valence-corrected chi connectivity index (χ1v) is 4.88. The molecule has 1 unspecified atom stereocenters. The number of para-hydroxylation sites is 1. The summed E-state index contributed by atoms with van der Waals surface area (Å²) in [4.78, 5) is 4.36. The lowest BCUT2D eigenvalue weighted by Crippen LogP contribution is -2.05. The monoisotopic (exact) mass is 185 g/mol. The fraction of sp³-hybridized carbons (Fsp3) is 0.250. The van der Waals surface area contributed by atoms with Crippen molar-refractivity contribution in [1.29, 1.82) is 0 Å². The predicted octanol–water partition coefficient (Wildman–Crippen LogP) is 2.56. The van der Waals surface area contributed by atoms with E-state index >= 15 is 0 Å². The number of ether oxygens (including phenoxy) is 1. The van der Waals surface area contributed by atoms with E-state index in [-0.39, 0.29) is 6.10 Å². The summed E-state index contributed by atoms with van der Waals surface area (Å²) in [5.41, 5.74) is 2.37. The summed E-state index contributed by atoms with van der Waals surface area (Å²) in [6.45, 7) is 2.09. The van der Waals surface area contributed by atoms with Crippen LogP contribution in [0.5, 0.6) is 5.75 Å². The van der Waals surface area contributed by atoms with E-state index in [2.05, 4.69) is 18.0 Å². The molecule has 1 aliphatic heterocycles. The second kappa shape index (κ2) is 2.71. The summed E-state index contributed by atoms with van der Waals surface area (Å²) in [5, 5.41) is 1.23. The summed E-state index contributed by atoms with van der Waals surface area (Å²) in [5.74, 6) is 0.955. The summed E-state index contributed by atoms with van der Waals surface area (Å²) >= 11 is 0. The maximum atomic E-state index is 5.65. The van der Waals surface area contributed by atoms with Gasteiger partial charge in [-0.2, -0.15) is 0 Å². The van der Waals surface area contributed by atoms with Gasteiger partial charge in [-0.05, 0) is 13.0 Å². The molecular weight excluding hydrogens is 174 g/mol. The highest BCUT2D eigenvalue weighted by Gasteiger charge is 2.21. The van der Waals surface area contributed by atoms with Gasteiger partial charge in [-0.3, -0.25) is 4.98 Å². The average Bonchev–Trinajstić information content (AvgIpc) is 2.59. The Morgan fingerprint density at radius 1 is 1.36 bits per heavy atom. The maximum absolute atomic E-state index is 5.65. The van der Waals surface area contributed by atoms with Crippen LogP contribution in [0.15, 0.2) is 30.5 Å². The maximum Gasteiger partial charge on any atom is 0.141 e. The second-order valence-corrected chi connectivity index (χ2v) is 3.75. The third-order valence-electron chi connectivity index (χ3n) is 2.67. The minimum absolute atomic E-state index is 0.289. The van der Waals surface area contributed by atoms with Gasteiger partial charge in [-0.15, -0.1) is 0 Å². The van der Waals surface area contributed by atoms with Crippen molar-refractivity contribution in [3.05, 3.63) is 36.0 Å². The molecule has 2 aromatic rings. The lowest BCUT2D eigenvalue weighted by atomic mass is 10.1. The van der Waals surface area contributed by atoms with Gasteiger partial charge in [-0.25, -0.2) is 0 Å². The zero-order valence-corrected chi connectivity index (χ0v) is 8.03. The molecule has 1 aromatic carbocycles. The highest BCUT2D eigenvalue weighted by atomic mass is 16.5. The van der Waals surface area contributed by atoms with Crippen molar-refractivity contribution in [2.45, 2.75) is 19.4 Å². The van der Waals surface area contributed by atoms with E-state index in [1.54, 1.807) is 0 Å². The third-order valence-corrected chi connectivity index (χ3v) is 2.67. The van der Waals surface area contributed by atoms with Crippen LogP contribution >= 0.6 is 0 Å². The Kier molecular flexibility index (Phi) is 1.51. The van der Waals surface area contributed by atoms with Gasteiger partial charge in [0, 0.05) is 17.4 Å². The van der Waals surface area contributed by atoms with Crippen LogP contribution in [0.2, 0.25) is 0 Å². The first kappa shape index (κ1) is 7.80. The summed E-state index contributed by atoms with van der Waals surface area (Å²) in [7, 11) is 0. The molecule has 3 rings (SSSR count). The molecule has 70 valence electrons. The molecule has 0 fully saturated rings. The average molecular weight is 185 g/mol. The van der Waals surface area contributed by atoms with Gasteiger partial charge >= 0.3 is 0 Å². The molecule has 14 heavy (non-hydrogen) atoms. The molecule has 1 aliphatic rings. The Morgan fingerprint density at radius 3 is 3.14 bits per heavy atom. The number of hydrogen-bond acceptors (Lipinski definition) is 2. The number of nitrogens with zero attached hydrogens (tertiary/aromatic N) is 1. The van der Waals surface area contributed by atoms with Crippen molar-refractivity contribution in [3.8, 4) is 5.75 Å². The summed E-state index contributed by atoms with van der Waals surface area (Å²) in [6, 6.07) is 8.22. The Balaban J connectivity index is 2.33.